The van der Waals surface area contributed by atoms with Crippen molar-refractivity contribution in [3.05, 3.63) is 65.0 Å². The number of anilines is 2. The number of nitrogens with zero attached hydrogens (tertiary/aromatic N) is 2. The number of ether oxygens (including phenoxy) is 1. The van der Waals surface area contributed by atoms with Gasteiger partial charge in [0.2, 0.25) is 0 Å². The van der Waals surface area contributed by atoms with Crippen molar-refractivity contribution in [2.24, 2.45) is 0 Å². The van der Waals surface area contributed by atoms with E-state index in [-0.39, 0.29) is 18.1 Å². The van der Waals surface area contributed by atoms with Crippen molar-refractivity contribution in [3.8, 4) is 11.3 Å². The van der Waals surface area contributed by atoms with Crippen LogP contribution in [-0.4, -0.2) is 36.2 Å². The van der Waals surface area contributed by atoms with Gasteiger partial charge in [0.1, 0.15) is 0 Å². The molecule has 2 atom stereocenters. The van der Waals surface area contributed by atoms with Crippen LogP contribution in [0.2, 0.25) is 0 Å². The third kappa shape index (κ3) is 4.71. The Hall–Kier alpha value is -2.70. The molecule has 5 nitrogen and oxygen atoms in total. The Morgan fingerprint density at radius 1 is 1.10 bits per heavy atom. The summed E-state index contributed by atoms with van der Waals surface area (Å²) in [6.07, 6.45) is 1.38. The lowest BCUT2D eigenvalue weighted by Crippen LogP contribution is -2.45. The highest BCUT2D eigenvalue weighted by Crippen LogP contribution is 2.30. The van der Waals surface area contributed by atoms with Gasteiger partial charge >= 0.3 is 0 Å². The minimum atomic E-state index is -0.100. The van der Waals surface area contributed by atoms with Gasteiger partial charge in [-0.25, -0.2) is 4.98 Å². The van der Waals surface area contributed by atoms with E-state index < -0.39 is 0 Å². The summed E-state index contributed by atoms with van der Waals surface area (Å²) >= 11 is 1.66. The normalized spacial score (nSPS) is 19.0. The summed E-state index contributed by atoms with van der Waals surface area (Å²) in [4.78, 5) is 19.6. The molecule has 4 rings (SSSR count). The average molecular weight is 422 g/mol. The van der Waals surface area contributed by atoms with Gasteiger partial charge in [0, 0.05) is 35.3 Å². The second kappa shape index (κ2) is 8.98. The zero-order chi connectivity index (χ0) is 21.1. The monoisotopic (exact) mass is 421 g/mol. The highest BCUT2D eigenvalue weighted by molar-refractivity contribution is 7.14. The molecule has 1 N–H and O–H groups in total. The number of nitrogens with one attached hydrogen (secondary N) is 1. The summed E-state index contributed by atoms with van der Waals surface area (Å²) in [6, 6.07) is 15.6. The fraction of sp³-hybridized carbons (Fsp3) is 0.333. The van der Waals surface area contributed by atoms with E-state index >= 15 is 0 Å². The number of morpholine rings is 1. The standard InChI is InChI=1S/C24H27N3O2S/c1-4-18-5-7-20(8-6-18)23(28)25-21-11-9-19(10-12-21)22-15-30-24(26-22)27-13-16(2)29-17(3)14-27/h5-12,15-17H,4,13-14H2,1-3H3,(H,25,28). The van der Waals surface area contributed by atoms with Gasteiger partial charge in [0.25, 0.3) is 5.91 Å². The molecule has 0 spiro atoms. The second-order valence-electron chi connectivity index (χ2n) is 7.76. The van der Waals surface area contributed by atoms with Gasteiger partial charge in [-0.15, -0.1) is 11.3 Å². The molecule has 1 aliphatic rings. The Balaban J connectivity index is 1.42. The summed E-state index contributed by atoms with van der Waals surface area (Å²) in [5, 5.41) is 6.08. The zero-order valence-electron chi connectivity index (χ0n) is 17.6. The third-order valence-electron chi connectivity index (χ3n) is 5.25. The molecule has 2 heterocycles. The number of hydrogen-bond donors (Lipinski definition) is 1. The molecule has 2 aromatic carbocycles. The number of amides is 1. The second-order valence-corrected chi connectivity index (χ2v) is 8.60. The van der Waals surface area contributed by atoms with E-state index in [0.717, 1.165) is 41.6 Å². The van der Waals surface area contributed by atoms with E-state index in [1.807, 2.05) is 48.5 Å². The summed E-state index contributed by atoms with van der Waals surface area (Å²) in [5.41, 5.74) is 4.65. The lowest BCUT2D eigenvalue weighted by molar-refractivity contribution is -0.00522. The number of benzene rings is 2. The van der Waals surface area contributed by atoms with Gasteiger partial charge in [0.15, 0.2) is 5.13 Å². The van der Waals surface area contributed by atoms with Gasteiger partial charge in [-0.2, -0.15) is 0 Å². The quantitative estimate of drug-likeness (QED) is 0.612. The molecule has 30 heavy (non-hydrogen) atoms. The summed E-state index contributed by atoms with van der Waals surface area (Å²) in [6.45, 7) is 8.03. The molecule has 1 amide bonds. The molecular weight excluding hydrogens is 394 g/mol. The van der Waals surface area contributed by atoms with E-state index in [0.29, 0.717) is 5.56 Å². The predicted octanol–water partition coefficient (Wildman–Crippen LogP) is 5.24. The number of hydrogen-bond acceptors (Lipinski definition) is 5. The molecule has 2 unspecified atom stereocenters. The maximum absolute atomic E-state index is 12.5. The van der Waals surface area contributed by atoms with Crippen LogP contribution in [0.4, 0.5) is 10.8 Å². The molecule has 0 saturated carbocycles. The molecule has 0 radical (unpaired) electrons. The third-order valence-corrected chi connectivity index (χ3v) is 6.15. The molecule has 1 aromatic heterocycles. The van der Waals surface area contributed by atoms with Crippen LogP contribution in [0.3, 0.4) is 0 Å². The van der Waals surface area contributed by atoms with Gasteiger partial charge in [-0.05, 0) is 50.1 Å². The summed E-state index contributed by atoms with van der Waals surface area (Å²) in [7, 11) is 0. The van der Waals surface area contributed by atoms with Gasteiger partial charge < -0.3 is 15.0 Å². The SMILES string of the molecule is CCc1ccc(C(=O)Nc2ccc(-c3csc(N4CC(C)OC(C)C4)n3)cc2)cc1. The molecule has 1 aliphatic heterocycles. The zero-order valence-corrected chi connectivity index (χ0v) is 18.4. The highest BCUT2D eigenvalue weighted by Gasteiger charge is 2.24. The topological polar surface area (TPSA) is 54.5 Å². The maximum Gasteiger partial charge on any atom is 0.255 e. The molecule has 0 bridgehead atoms. The van der Waals surface area contributed by atoms with E-state index in [1.54, 1.807) is 11.3 Å². The number of aryl methyl sites for hydroxylation is 1. The van der Waals surface area contributed by atoms with Crippen LogP contribution in [0.5, 0.6) is 0 Å². The number of carbonyl (C=O) groups is 1. The Morgan fingerprint density at radius 2 is 1.77 bits per heavy atom. The minimum absolute atomic E-state index is 0.100. The van der Waals surface area contributed by atoms with Crippen molar-refractivity contribution < 1.29 is 9.53 Å². The van der Waals surface area contributed by atoms with Crippen molar-refractivity contribution in [1.82, 2.24) is 4.98 Å². The van der Waals surface area contributed by atoms with Crippen molar-refractivity contribution in [3.63, 3.8) is 0 Å². The first kappa shape index (κ1) is 20.6. The van der Waals surface area contributed by atoms with Crippen LogP contribution in [0.25, 0.3) is 11.3 Å². The van der Waals surface area contributed by atoms with E-state index in [1.165, 1.54) is 5.56 Å². The molecule has 1 fully saturated rings. The lowest BCUT2D eigenvalue weighted by atomic mass is 10.1. The van der Waals surface area contributed by atoms with Crippen molar-refractivity contribution in [2.45, 2.75) is 39.4 Å². The smallest absolute Gasteiger partial charge is 0.255 e. The number of aromatic nitrogens is 1. The molecular formula is C24H27N3O2S. The van der Waals surface area contributed by atoms with Crippen LogP contribution in [0, 0.1) is 0 Å². The van der Waals surface area contributed by atoms with Crippen molar-refractivity contribution in [1.29, 1.82) is 0 Å². The average Bonchev–Trinajstić information content (AvgIpc) is 3.24. The summed E-state index contributed by atoms with van der Waals surface area (Å²) < 4.78 is 5.82. The molecule has 1 saturated heterocycles. The maximum atomic E-state index is 12.5. The number of thiazole rings is 1. The van der Waals surface area contributed by atoms with Crippen LogP contribution in [0.15, 0.2) is 53.9 Å². The largest absolute Gasteiger partial charge is 0.372 e. The highest BCUT2D eigenvalue weighted by atomic mass is 32.1. The number of rotatable bonds is 5. The first-order valence-corrected chi connectivity index (χ1v) is 11.3. The van der Waals surface area contributed by atoms with Crippen LogP contribution in [0.1, 0.15) is 36.7 Å². The van der Waals surface area contributed by atoms with Gasteiger partial charge in [0.05, 0.1) is 17.9 Å². The first-order valence-electron chi connectivity index (χ1n) is 10.4. The van der Waals surface area contributed by atoms with Crippen LogP contribution < -0.4 is 10.2 Å². The Bertz CT molecular complexity index is 988. The molecule has 156 valence electrons. The predicted molar refractivity (Wildman–Crippen MR) is 124 cm³/mol. The summed E-state index contributed by atoms with van der Waals surface area (Å²) in [5.74, 6) is -0.100. The molecule has 0 aliphatic carbocycles. The Kier molecular flexibility index (Phi) is 6.16. The lowest BCUT2D eigenvalue weighted by Gasteiger charge is -2.35. The van der Waals surface area contributed by atoms with Crippen LogP contribution in [-0.2, 0) is 11.2 Å². The molecule has 6 heteroatoms. The van der Waals surface area contributed by atoms with Crippen molar-refractivity contribution >= 4 is 28.1 Å². The van der Waals surface area contributed by atoms with E-state index in [2.05, 4.69) is 36.4 Å². The fourth-order valence-electron chi connectivity index (χ4n) is 3.70. The Morgan fingerprint density at radius 3 is 2.40 bits per heavy atom. The van der Waals surface area contributed by atoms with Crippen LogP contribution >= 0.6 is 11.3 Å². The van der Waals surface area contributed by atoms with E-state index in [4.69, 9.17) is 9.72 Å². The van der Waals surface area contributed by atoms with Crippen molar-refractivity contribution in [2.75, 3.05) is 23.3 Å². The fourth-order valence-corrected chi connectivity index (χ4v) is 4.55. The first-order chi connectivity index (χ1) is 14.5. The Labute approximate surface area is 181 Å². The van der Waals surface area contributed by atoms with Gasteiger partial charge in [-0.3, -0.25) is 4.79 Å². The van der Waals surface area contributed by atoms with Gasteiger partial charge in [-0.1, -0.05) is 31.2 Å². The van der Waals surface area contributed by atoms with E-state index in [9.17, 15) is 4.79 Å². The minimum Gasteiger partial charge on any atom is -0.372 e. The number of carbonyl (C=O) groups excluding carboxylic acids is 1. The molecule has 3 aromatic rings.